The number of aliphatic imine (C=N–C) groups is 1. The van der Waals surface area contributed by atoms with E-state index < -0.39 is 5.92 Å². The minimum absolute atomic E-state index is 0.124. The number of allylic oxidation sites excluding steroid dienone is 2. The van der Waals surface area contributed by atoms with Crippen molar-refractivity contribution in [1.29, 1.82) is 5.26 Å². The molecule has 1 aliphatic carbocycles. The van der Waals surface area contributed by atoms with Crippen molar-refractivity contribution in [3.63, 3.8) is 0 Å². The van der Waals surface area contributed by atoms with Crippen molar-refractivity contribution in [2.24, 2.45) is 16.8 Å². The monoisotopic (exact) mass is 577 g/mol. The molecule has 0 saturated carbocycles. The second-order valence-corrected chi connectivity index (χ2v) is 11.4. The fraction of sp³-hybridized carbons (Fsp3) is 0.452. The second-order valence-electron chi connectivity index (χ2n) is 10.5. The highest BCUT2D eigenvalue weighted by atomic mass is 79.9. The van der Waals surface area contributed by atoms with Gasteiger partial charge < -0.3 is 14.8 Å². The Balaban J connectivity index is 1.75. The zero-order valence-electron chi connectivity index (χ0n) is 22.8. The Morgan fingerprint density at radius 3 is 2.71 bits per heavy atom. The van der Waals surface area contributed by atoms with Gasteiger partial charge in [-0.05, 0) is 90.9 Å². The minimum Gasteiger partial charge on any atom is -0.497 e. The molecule has 2 aromatic carbocycles. The zero-order chi connectivity index (χ0) is 27.4. The third-order valence-corrected chi connectivity index (χ3v) is 7.78. The van der Waals surface area contributed by atoms with E-state index in [0.717, 1.165) is 57.7 Å². The lowest BCUT2D eigenvalue weighted by atomic mass is 9.70. The minimum atomic E-state index is -0.497. The van der Waals surface area contributed by atoms with E-state index in [2.05, 4.69) is 48.1 Å². The third-order valence-electron chi connectivity index (χ3n) is 7.20. The van der Waals surface area contributed by atoms with Crippen molar-refractivity contribution < 1.29 is 14.3 Å². The Labute approximate surface area is 234 Å². The van der Waals surface area contributed by atoms with E-state index in [9.17, 15) is 10.1 Å². The summed E-state index contributed by atoms with van der Waals surface area (Å²) in [5.41, 5.74) is 5.06. The van der Waals surface area contributed by atoms with Crippen LogP contribution in [0.2, 0.25) is 0 Å². The summed E-state index contributed by atoms with van der Waals surface area (Å²) in [6.45, 7) is 8.57. The first-order valence-electron chi connectivity index (χ1n) is 13.3. The molecule has 38 heavy (non-hydrogen) atoms. The normalized spacial score (nSPS) is 21.1. The molecule has 2 aliphatic rings. The van der Waals surface area contributed by atoms with Crippen LogP contribution in [0, 0.1) is 23.2 Å². The van der Waals surface area contributed by atoms with Gasteiger partial charge in [0.1, 0.15) is 12.4 Å². The molecule has 6 nitrogen and oxygen atoms in total. The quantitative estimate of drug-likeness (QED) is 0.332. The van der Waals surface area contributed by atoms with Gasteiger partial charge in [-0.2, -0.15) is 5.26 Å². The van der Waals surface area contributed by atoms with Crippen LogP contribution < -0.4 is 14.8 Å². The Kier molecular flexibility index (Phi) is 8.94. The number of methoxy groups -OCH3 is 1. The second kappa shape index (κ2) is 12.2. The summed E-state index contributed by atoms with van der Waals surface area (Å²) in [4.78, 5) is 18.3. The lowest BCUT2D eigenvalue weighted by molar-refractivity contribution is -0.117. The van der Waals surface area contributed by atoms with Crippen LogP contribution in [0.4, 0.5) is 5.69 Å². The molecule has 1 heterocycles. The summed E-state index contributed by atoms with van der Waals surface area (Å²) in [7, 11) is 1.65. The number of nitriles is 1. The Hall–Kier alpha value is -3.11. The molecule has 0 amide bonds. The Morgan fingerprint density at radius 1 is 1.24 bits per heavy atom. The van der Waals surface area contributed by atoms with Gasteiger partial charge in [0, 0.05) is 35.4 Å². The van der Waals surface area contributed by atoms with Crippen LogP contribution in [0.3, 0.4) is 0 Å². The average molecular weight is 579 g/mol. The molecule has 3 atom stereocenters. The molecule has 2 aromatic rings. The largest absolute Gasteiger partial charge is 0.497 e. The van der Waals surface area contributed by atoms with Crippen LogP contribution in [0.5, 0.6) is 11.5 Å². The van der Waals surface area contributed by atoms with Crippen molar-refractivity contribution >= 4 is 33.1 Å². The third kappa shape index (κ3) is 5.96. The smallest absolute Gasteiger partial charge is 0.161 e. The van der Waals surface area contributed by atoms with E-state index in [1.807, 2.05) is 43.3 Å². The number of halogens is 1. The first-order valence-corrected chi connectivity index (χ1v) is 14.1. The Morgan fingerprint density at radius 2 is 2.03 bits per heavy atom. The number of hydrogen-bond acceptors (Lipinski definition) is 6. The van der Waals surface area contributed by atoms with Crippen LogP contribution in [-0.2, 0) is 11.4 Å². The van der Waals surface area contributed by atoms with Crippen molar-refractivity contribution in [1.82, 2.24) is 0 Å². The Bertz CT molecular complexity index is 1310. The maximum atomic E-state index is 13.5. The highest BCUT2D eigenvalue weighted by Gasteiger charge is 2.41. The summed E-state index contributed by atoms with van der Waals surface area (Å²) in [5.74, 6) is 1.05. The van der Waals surface area contributed by atoms with Crippen molar-refractivity contribution in [2.45, 2.75) is 71.9 Å². The number of hydrogen-bond donors (Lipinski definition) is 1. The molecular formula is C31H36BrN3O3. The molecule has 0 fully saturated rings. The van der Waals surface area contributed by atoms with Gasteiger partial charge in [-0.1, -0.05) is 25.5 Å². The molecule has 0 spiro atoms. The molecule has 4 rings (SSSR count). The molecule has 1 aliphatic heterocycles. The summed E-state index contributed by atoms with van der Waals surface area (Å²) in [5, 5.41) is 13.7. The average Bonchev–Trinajstić information content (AvgIpc) is 2.87. The van der Waals surface area contributed by atoms with Crippen LogP contribution in [0.1, 0.15) is 70.4 Å². The van der Waals surface area contributed by atoms with E-state index in [-0.39, 0.29) is 17.7 Å². The number of benzene rings is 2. The van der Waals surface area contributed by atoms with Gasteiger partial charge in [-0.25, -0.2) is 0 Å². The van der Waals surface area contributed by atoms with Crippen molar-refractivity contribution in [3.8, 4) is 17.6 Å². The van der Waals surface area contributed by atoms with Crippen LogP contribution >= 0.6 is 15.9 Å². The standard InChI is InChI=1S/C31H36BrN3O3/c1-6-8-20-12-26-30(28(36)13-20)29(24(16-33)19(4)35-26)22-14-25(32)31(27(15-22)34-18(2)3)38-17-21-9-7-10-23(11-21)37-5/h7,9-11,14-15,18,20,24,29,34H,6,8,12-13,17H2,1-5H3. The molecule has 0 aromatic heterocycles. The summed E-state index contributed by atoms with van der Waals surface area (Å²) < 4.78 is 12.4. The number of rotatable bonds is 9. The molecule has 1 N–H and O–H groups in total. The van der Waals surface area contributed by atoms with E-state index in [1.54, 1.807) is 7.11 Å². The molecule has 0 radical (unpaired) electrons. The van der Waals surface area contributed by atoms with Crippen molar-refractivity contribution in [3.05, 3.63) is 63.3 Å². The van der Waals surface area contributed by atoms with Gasteiger partial charge in [0.2, 0.25) is 0 Å². The molecule has 7 heteroatoms. The highest BCUT2D eigenvalue weighted by molar-refractivity contribution is 9.10. The lowest BCUT2D eigenvalue weighted by Gasteiger charge is -2.35. The predicted octanol–water partition coefficient (Wildman–Crippen LogP) is 7.59. The predicted molar refractivity (Wildman–Crippen MR) is 155 cm³/mol. The van der Waals surface area contributed by atoms with Gasteiger partial charge in [0.15, 0.2) is 11.5 Å². The summed E-state index contributed by atoms with van der Waals surface area (Å²) in [6, 6.07) is 14.4. The number of nitrogens with one attached hydrogen (secondary N) is 1. The topological polar surface area (TPSA) is 83.7 Å². The van der Waals surface area contributed by atoms with E-state index in [4.69, 9.17) is 14.5 Å². The van der Waals surface area contributed by atoms with Gasteiger partial charge in [0.05, 0.1) is 29.3 Å². The number of ether oxygens (including phenoxy) is 2. The molecular weight excluding hydrogens is 542 g/mol. The summed E-state index contributed by atoms with van der Waals surface area (Å²) in [6.07, 6.45) is 3.37. The number of carbonyl (C=O) groups is 1. The van der Waals surface area contributed by atoms with Crippen molar-refractivity contribution in [2.75, 3.05) is 12.4 Å². The van der Waals surface area contributed by atoms with Crippen LogP contribution in [0.25, 0.3) is 0 Å². The van der Waals surface area contributed by atoms with Gasteiger partial charge in [-0.3, -0.25) is 9.79 Å². The van der Waals surface area contributed by atoms with Crippen LogP contribution in [-0.4, -0.2) is 24.6 Å². The zero-order valence-corrected chi connectivity index (χ0v) is 24.4. The first kappa shape index (κ1) is 27.9. The van der Waals surface area contributed by atoms with E-state index in [1.165, 1.54) is 0 Å². The number of ketones is 1. The highest BCUT2D eigenvalue weighted by Crippen LogP contribution is 2.47. The van der Waals surface area contributed by atoms with Gasteiger partial charge in [0.25, 0.3) is 0 Å². The van der Waals surface area contributed by atoms with Crippen LogP contribution in [0.15, 0.2) is 57.1 Å². The molecule has 0 bridgehead atoms. The maximum absolute atomic E-state index is 13.5. The summed E-state index contributed by atoms with van der Waals surface area (Å²) >= 11 is 3.74. The van der Waals surface area contributed by atoms with E-state index in [0.29, 0.717) is 30.3 Å². The number of anilines is 1. The fourth-order valence-corrected chi connectivity index (χ4v) is 6.15. The van der Waals surface area contributed by atoms with Gasteiger partial charge in [-0.15, -0.1) is 0 Å². The first-order chi connectivity index (χ1) is 18.2. The molecule has 200 valence electrons. The van der Waals surface area contributed by atoms with Gasteiger partial charge >= 0.3 is 0 Å². The fourth-order valence-electron chi connectivity index (χ4n) is 5.55. The SMILES string of the molecule is CCCC1CC(=O)C2=C(C1)N=C(C)C(C#N)C2c1cc(Br)c(OCc2cccc(OC)c2)c(NC(C)C)c1. The van der Waals surface area contributed by atoms with E-state index >= 15 is 0 Å². The maximum Gasteiger partial charge on any atom is 0.161 e. The number of Topliss-reactive ketones (excluding diaryl/α,β-unsaturated/α-hetero) is 1. The number of carbonyl (C=O) groups excluding carboxylic acids is 1. The molecule has 0 saturated heterocycles. The number of nitrogens with zero attached hydrogens (tertiary/aromatic N) is 2. The molecule has 3 unspecified atom stereocenters. The lowest BCUT2D eigenvalue weighted by Crippen LogP contribution is -2.32.